The van der Waals surface area contributed by atoms with Crippen molar-refractivity contribution in [1.29, 1.82) is 0 Å². The van der Waals surface area contributed by atoms with Gasteiger partial charge in [0.25, 0.3) is 0 Å². The number of nitrogens with two attached hydrogens (primary N) is 1. The second kappa shape index (κ2) is 5.78. The maximum Gasteiger partial charge on any atom is 0.470 e. The molecule has 0 aromatic carbocycles. The number of aliphatic hydroxyl groups excluding tert-OH is 2. The van der Waals surface area contributed by atoms with E-state index in [2.05, 4.69) is 9.52 Å². The molecule has 2 aliphatic heterocycles. The largest absolute Gasteiger partial charge is 0.470 e. The molecule has 11 heteroatoms. The minimum Gasteiger partial charge on any atom is -0.394 e. The van der Waals surface area contributed by atoms with E-state index in [1.807, 2.05) is 0 Å². The van der Waals surface area contributed by atoms with Crippen molar-refractivity contribution in [2.24, 2.45) is 10.7 Å². The Hall–Kier alpha value is -1.00. The minimum absolute atomic E-state index is 0.116. The second-order valence-electron chi connectivity index (χ2n) is 4.35. The molecule has 0 amide bonds. The van der Waals surface area contributed by atoms with Crippen LogP contribution >= 0.6 is 7.82 Å². The van der Waals surface area contributed by atoms with Crippen LogP contribution in [0.5, 0.6) is 0 Å². The summed E-state index contributed by atoms with van der Waals surface area (Å²) in [5, 5.41) is 19.2. The first-order chi connectivity index (χ1) is 9.31. The van der Waals surface area contributed by atoms with Crippen molar-refractivity contribution in [3.05, 3.63) is 12.3 Å². The van der Waals surface area contributed by atoms with Crippen LogP contribution in [0.25, 0.3) is 0 Å². The number of hydrogen-bond acceptors (Lipinski definition) is 8. The van der Waals surface area contributed by atoms with Crippen molar-refractivity contribution in [3.8, 4) is 0 Å². The molecular weight excluding hydrogens is 293 g/mol. The van der Waals surface area contributed by atoms with Crippen LogP contribution in [0, 0.1) is 0 Å². The summed E-state index contributed by atoms with van der Waals surface area (Å²) in [6, 6.07) is 0. The van der Waals surface area contributed by atoms with E-state index in [4.69, 9.17) is 25.4 Å². The summed E-state index contributed by atoms with van der Waals surface area (Å²) >= 11 is 0. The van der Waals surface area contributed by atoms with E-state index in [0.717, 1.165) is 0 Å². The summed E-state index contributed by atoms with van der Waals surface area (Å²) in [5.74, 6) is 0.315. The van der Waals surface area contributed by atoms with E-state index in [0.29, 0.717) is 5.84 Å². The molecule has 2 rings (SSSR count). The molecule has 20 heavy (non-hydrogen) atoms. The Morgan fingerprint density at radius 3 is 2.80 bits per heavy atom. The Kier molecular flexibility index (Phi) is 4.45. The lowest BCUT2D eigenvalue weighted by molar-refractivity contribution is -0.0790. The van der Waals surface area contributed by atoms with E-state index in [-0.39, 0.29) is 6.67 Å². The molecule has 4 unspecified atom stereocenters. The van der Waals surface area contributed by atoms with E-state index < -0.39 is 39.0 Å². The molecular formula is C9H16N3O7P. The topological polar surface area (TPSA) is 158 Å². The van der Waals surface area contributed by atoms with Crippen LogP contribution in [0.4, 0.5) is 0 Å². The SMILES string of the molecule is NC1=NCN(C2OC(CO)C(OP(=O)(O)O)C2O)C=C1. The fraction of sp³-hybridized carbons (Fsp3) is 0.667. The molecule has 0 spiro atoms. The number of hydrogen-bond donors (Lipinski definition) is 5. The fourth-order valence-corrected chi connectivity index (χ4v) is 2.61. The molecule has 4 atom stereocenters. The average Bonchev–Trinajstić information content (AvgIpc) is 2.66. The highest BCUT2D eigenvalue weighted by Crippen LogP contribution is 2.42. The van der Waals surface area contributed by atoms with Gasteiger partial charge in [-0.05, 0) is 6.08 Å². The highest BCUT2D eigenvalue weighted by molar-refractivity contribution is 7.46. The first kappa shape index (κ1) is 15.4. The molecule has 0 bridgehead atoms. The molecule has 1 saturated heterocycles. The predicted octanol–water partition coefficient (Wildman–Crippen LogP) is -2.31. The van der Waals surface area contributed by atoms with Gasteiger partial charge < -0.3 is 35.4 Å². The number of rotatable bonds is 4. The van der Waals surface area contributed by atoms with E-state index >= 15 is 0 Å². The van der Waals surface area contributed by atoms with Gasteiger partial charge in [-0.1, -0.05) is 0 Å². The van der Waals surface area contributed by atoms with Gasteiger partial charge >= 0.3 is 7.82 Å². The van der Waals surface area contributed by atoms with Crippen molar-refractivity contribution < 1.29 is 33.8 Å². The van der Waals surface area contributed by atoms with Crippen molar-refractivity contribution in [3.63, 3.8) is 0 Å². The fourth-order valence-electron chi connectivity index (χ4n) is 2.03. The van der Waals surface area contributed by atoms with Gasteiger partial charge in [-0.2, -0.15) is 0 Å². The lowest BCUT2D eigenvalue weighted by Crippen LogP contribution is -2.43. The van der Waals surface area contributed by atoms with Crippen molar-refractivity contribution >= 4 is 13.7 Å². The zero-order valence-electron chi connectivity index (χ0n) is 10.3. The monoisotopic (exact) mass is 309 g/mol. The predicted molar refractivity (Wildman–Crippen MR) is 66.1 cm³/mol. The van der Waals surface area contributed by atoms with Crippen LogP contribution < -0.4 is 5.73 Å². The molecule has 0 aliphatic carbocycles. The molecule has 0 radical (unpaired) electrons. The maximum absolute atomic E-state index is 10.9. The van der Waals surface area contributed by atoms with Gasteiger partial charge in [0.1, 0.15) is 30.8 Å². The Bertz CT molecular complexity index is 464. The lowest BCUT2D eigenvalue weighted by Gasteiger charge is -2.29. The Labute approximate surface area is 114 Å². The minimum atomic E-state index is -4.81. The third kappa shape index (κ3) is 3.36. The third-order valence-corrected chi connectivity index (χ3v) is 3.45. The summed E-state index contributed by atoms with van der Waals surface area (Å²) in [7, 11) is -4.81. The first-order valence-electron chi connectivity index (χ1n) is 5.74. The first-order valence-corrected chi connectivity index (χ1v) is 7.27. The Morgan fingerprint density at radius 1 is 1.60 bits per heavy atom. The molecule has 0 saturated carbocycles. The van der Waals surface area contributed by atoms with Gasteiger partial charge in [0.2, 0.25) is 0 Å². The van der Waals surface area contributed by atoms with Crippen LogP contribution in [-0.4, -0.2) is 68.6 Å². The smallest absolute Gasteiger partial charge is 0.394 e. The normalized spacial score (nSPS) is 34.4. The molecule has 0 aromatic rings. The van der Waals surface area contributed by atoms with Crippen LogP contribution in [0.15, 0.2) is 17.3 Å². The molecule has 1 fully saturated rings. The zero-order valence-corrected chi connectivity index (χ0v) is 11.2. The lowest BCUT2D eigenvalue weighted by atomic mass is 10.1. The van der Waals surface area contributed by atoms with Gasteiger partial charge in [-0.3, -0.25) is 4.52 Å². The van der Waals surface area contributed by atoms with E-state index in [1.54, 1.807) is 0 Å². The van der Waals surface area contributed by atoms with Gasteiger partial charge in [0.05, 0.1) is 6.61 Å². The maximum atomic E-state index is 10.9. The van der Waals surface area contributed by atoms with Gasteiger partial charge in [-0.15, -0.1) is 0 Å². The standard InChI is InChI=1S/C9H16N3O7P/c10-6-1-2-12(4-11-6)9-7(14)8(5(3-13)18-9)19-20(15,16)17/h1-2,5,7-9,13-14H,3-4H2,(H2,10,11)(H2,15,16,17). The summed E-state index contributed by atoms with van der Waals surface area (Å²) in [5.41, 5.74) is 5.46. The Balaban J connectivity index is 2.10. The van der Waals surface area contributed by atoms with Crippen LogP contribution in [0.3, 0.4) is 0 Å². The average molecular weight is 309 g/mol. The van der Waals surface area contributed by atoms with E-state index in [9.17, 15) is 9.67 Å². The number of nitrogens with zero attached hydrogens (tertiary/aromatic N) is 2. The number of aliphatic imine (C=N–C) groups is 1. The summed E-state index contributed by atoms with van der Waals surface area (Å²) in [6.45, 7) is -0.438. The second-order valence-corrected chi connectivity index (χ2v) is 5.55. The van der Waals surface area contributed by atoms with Crippen molar-refractivity contribution in [2.45, 2.75) is 24.5 Å². The molecule has 2 heterocycles. The quantitative estimate of drug-likeness (QED) is 0.359. The highest BCUT2D eigenvalue weighted by atomic mass is 31.2. The number of aliphatic hydroxyl groups is 2. The van der Waals surface area contributed by atoms with Gasteiger partial charge in [0.15, 0.2) is 6.23 Å². The summed E-state index contributed by atoms with van der Waals surface area (Å²) in [6.07, 6.45) is -1.69. The van der Waals surface area contributed by atoms with E-state index in [1.165, 1.54) is 17.2 Å². The van der Waals surface area contributed by atoms with Gasteiger partial charge in [0, 0.05) is 6.20 Å². The number of amidine groups is 1. The zero-order chi connectivity index (χ0) is 14.9. The molecule has 6 N–H and O–H groups in total. The molecule has 10 nitrogen and oxygen atoms in total. The van der Waals surface area contributed by atoms with Crippen LogP contribution in [-0.2, 0) is 13.8 Å². The molecule has 0 aromatic heterocycles. The van der Waals surface area contributed by atoms with Crippen molar-refractivity contribution in [1.82, 2.24) is 4.90 Å². The molecule has 114 valence electrons. The Morgan fingerprint density at radius 2 is 2.30 bits per heavy atom. The molecule has 2 aliphatic rings. The van der Waals surface area contributed by atoms with Crippen LogP contribution in [0.2, 0.25) is 0 Å². The van der Waals surface area contributed by atoms with Gasteiger partial charge in [-0.25, -0.2) is 9.56 Å². The van der Waals surface area contributed by atoms with Crippen molar-refractivity contribution in [2.75, 3.05) is 13.3 Å². The number of phosphoric acid groups is 1. The third-order valence-electron chi connectivity index (χ3n) is 2.93. The van der Waals surface area contributed by atoms with Crippen LogP contribution in [0.1, 0.15) is 0 Å². The number of phosphoric ester groups is 1. The summed E-state index contributed by atoms with van der Waals surface area (Å²) in [4.78, 5) is 23.0. The highest BCUT2D eigenvalue weighted by Gasteiger charge is 2.49. The summed E-state index contributed by atoms with van der Waals surface area (Å²) < 4.78 is 20.7. The number of ether oxygens (including phenoxy) is 1.